The van der Waals surface area contributed by atoms with Gasteiger partial charge in [-0.1, -0.05) is 19.9 Å². The average molecular weight is 320 g/mol. The zero-order valence-electron chi connectivity index (χ0n) is 13.4. The lowest BCUT2D eigenvalue weighted by Crippen LogP contribution is -2.49. The Kier molecular flexibility index (Phi) is 4.58. The number of hydrogen-bond acceptors (Lipinski definition) is 4. The highest BCUT2D eigenvalue weighted by Crippen LogP contribution is 2.37. The molecule has 124 valence electrons. The van der Waals surface area contributed by atoms with Gasteiger partial charge in [-0.05, 0) is 24.1 Å². The lowest BCUT2D eigenvalue weighted by atomic mass is 9.80. The van der Waals surface area contributed by atoms with Crippen molar-refractivity contribution in [1.29, 1.82) is 0 Å². The maximum Gasteiger partial charge on any atom is 0.406 e. The molecular formula is C16H20N2O5. The Bertz CT molecular complexity index is 654. The number of ether oxygens (including phenoxy) is 1. The van der Waals surface area contributed by atoms with Crippen LogP contribution in [0.2, 0.25) is 0 Å². The van der Waals surface area contributed by atoms with Gasteiger partial charge in [0.05, 0.1) is 12.7 Å². The van der Waals surface area contributed by atoms with Gasteiger partial charge in [-0.15, -0.1) is 0 Å². The van der Waals surface area contributed by atoms with Gasteiger partial charge < -0.3 is 20.1 Å². The Hall–Kier alpha value is -2.57. The number of carboxylic acid groups (broad SMARTS) is 1. The van der Waals surface area contributed by atoms with Gasteiger partial charge in [0.25, 0.3) is 0 Å². The van der Waals surface area contributed by atoms with Crippen molar-refractivity contribution in [3.63, 3.8) is 0 Å². The highest BCUT2D eigenvalue weighted by Gasteiger charge is 2.38. The Labute approximate surface area is 134 Å². The summed E-state index contributed by atoms with van der Waals surface area (Å²) in [6.07, 6.45) is -0.0321. The van der Waals surface area contributed by atoms with Gasteiger partial charge >= 0.3 is 12.1 Å². The summed E-state index contributed by atoms with van der Waals surface area (Å²) < 4.78 is 4.50. The fraction of sp³-hybridized carbons (Fsp3) is 0.438. The van der Waals surface area contributed by atoms with Crippen molar-refractivity contribution in [1.82, 2.24) is 5.32 Å². The molecule has 0 unspecified atom stereocenters. The second kappa shape index (κ2) is 6.28. The lowest BCUT2D eigenvalue weighted by Gasteiger charge is -2.38. The van der Waals surface area contributed by atoms with Crippen LogP contribution < -0.4 is 10.2 Å². The van der Waals surface area contributed by atoms with E-state index < -0.39 is 17.5 Å². The van der Waals surface area contributed by atoms with E-state index in [1.807, 2.05) is 13.8 Å². The SMILES string of the molecule is COC(=O)NCCN1C(=O)C(C)(C)Cc2ccc(C(=O)O)cc21. The highest BCUT2D eigenvalue weighted by atomic mass is 16.5. The minimum Gasteiger partial charge on any atom is -0.478 e. The molecule has 2 amide bonds. The second-order valence-corrected chi connectivity index (χ2v) is 6.08. The third-order valence-electron chi connectivity index (χ3n) is 3.87. The molecule has 1 aliphatic rings. The predicted octanol–water partition coefficient (Wildman–Crippen LogP) is 1.66. The normalized spacial score (nSPS) is 15.8. The number of rotatable bonds is 4. The average Bonchev–Trinajstić information content (AvgIpc) is 2.50. The standard InChI is InChI=1S/C16H20N2O5/c1-16(2)9-11-5-4-10(13(19)20)8-12(11)18(14(16)21)7-6-17-15(22)23-3/h4-5,8H,6-7,9H2,1-3H3,(H,17,22)(H,19,20). The van der Waals surface area contributed by atoms with E-state index in [4.69, 9.17) is 5.11 Å². The monoisotopic (exact) mass is 320 g/mol. The topological polar surface area (TPSA) is 95.9 Å². The number of aromatic carboxylic acids is 1. The molecule has 0 fully saturated rings. The first-order chi connectivity index (χ1) is 10.8. The van der Waals surface area contributed by atoms with Crippen molar-refractivity contribution in [2.45, 2.75) is 20.3 Å². The van der Waals surface area contributed by atoms with Gasteiger partial charge in [-0.2, -0.15) is 0 Å². The van der Waals surface area contributed by atoms with Crippen LogP contribution in [0.1, 0.15) is 29.8 Å². The molecule has 0 spiro atoms. The summed E-state index contributed by atoms with van der Waals surface area (Å²) in [5.74, 6) is -1.14. The highest BCUT2D eigenvalue weighted by molar-refractivity contribution is 6.01. The molecule has 0 atom stereocenters. The van der Waals surface area contributed by atoms with Crippen LogP contribution >= 0.6 is 0 Å². The Balaban J connectivity index is 2.31. The van der Waals surface area contributed by atoms with Crippen LogP contribution in [0.5, 0.6) is 0 Å². The minimum atomic E-state index is -1.04. The summed E-state index contributed by atoms with van der Waals surface area (Å²) in [5, 5.41) is 11.7. The lowest BCUT2D eigenvalue weighted by molar-refractivity contribution is -0.127. The third kappa shape index (κ3) is 3.44. The van der Waals surface area contributed by atoms with E-state index >= 15 is 0 Å². The predicted molar refractivity (Wildman–Crippen MR) is 83.6 cm³/mol. The first kappa shape index (κ1) is 16.8. The Morgan fingerprint density at radius 1 is 1.39 bits per heavy atom. The summed E-state index contributed by atoms with van der Waals surface area (Å²) in [7, 11) is 1.26. The number of alkyl carbamates (subject to hydrolysis) is 1. The molecule has 2 rings (SSSR count). The molecule has 1 aromatic rings. The molecule has 0 aromatic heterocycles. The van der Waals surface area contributed by atoms with E-state index in [1.165, 1.54) is 24.1 Å². The van der Waals surface area contributed by atoms with Crippen molar-refractivity contribution in [3.05, 3.63) is 29.3 Å². The van der Waals surface area contributed by atoms with Gasteiger partial charge in [0, 0.05) is 24.2 Å². The van der Waals surface area contributed by atoms with Gasteiger partial charge in [0.1, 0.15) is 0 Å². The van der Waals surface area contributed by atoms with E-state index in [1.54, 1.807) is 6.07 Å². The molecule has 0 aliphatic carbocycles. The zero-order valence-corrected chi connectivity index (χ0v) is 13.4. The summed E-state index contributed by atoms with van der Waals surface area (Å²) >= 11 is 0. The number of anilines is 1. The van der Waals surface area contributed by atoms with Crippen LogP contribution in [0.15, 0.2) is 18.2 Å². The molecule has 7 heteroatoms. The number of amides is 2. The number of methoxy groups -OCH3 is 1. The molecular weight excluding hydrogens is 300 g/mol. The van der Waals surface area contributed by atoms with Crippen LogP contribution in [-0.4, -0.2) is 43.3 Å². The molecule has 0 radical (unpaired) electrons. The maximum absolute atomic E-state index is 12.7. The molecule has 1 aromatic carbocycles. The number of fused-ring (bicyclic) bond motifs is 1. The van der Waals surface area contributed by atoms with E-state index in [9.17, 15) is 14.4 Å². The quantitative estimate of drug-likeness (QED) is 0.879. The van der Waals surface area contributed by atoms with Crippen LogP contribution in [0.4, 0.5) is 10.5 Å². The molecule has 0 saturated carbocycles. The smallest absolute Gasteiger partial charge is 0.406 e. The number of nitrogens with zero attached hydrogens (tertiary/aromatic N) is 1. The number of hydrogen-bond donors (Lipinski definition) is 2. The van der Waals surface area contributed by atoms with Crippen molar-refractivity contribution in [3.8, 4) is 0 Å². The van der Waals surface area contributed by atoms with Gasteiger partial charge in [-0.25, -0.2) is 9.59 Å². The largest absolute Gasteiger partial charge is 0.478 e. The van der Waals surface area contributed by atoms with Gasteiger partial charge in [0.15, 0.2) is 0 Å². The number of nitrogens with one attached hydrogen (secondary N) is 1. The van der Waals surface area contributed by atoms with Crippen molar-refractivity contribution in [2.24, 2.45) is 5.41 Å². The first-order valence-electron chi connectivity index (χ1n) is 7.26. The maximum atomic E-state index is 12.7. The second-order valence-electron chi connectivity index (χ2n) is 6.08. The molecule has 23 heavy (non-hydrogen) atoms. The zero-order chi connectivity index (χ0) is 17.2. The number of carbonyl (C=O) groups excluding carboxylic acids is 2. The van der Waals surface area contributed by atoms with Crippen molar-refractivity contribution >= 4 is 23.7 Å². The summed E-state index contributed by atoms with van der Waals surface area (Å²) in [5.41, 5.74) is 1.05. The molecule has 0 saturated heterocycles. The van der Waals surface area contributed by atoms with Gasteiger partial charge in [-0.3, -0.25) is 4.79 Å². The molecule has 1 heterocycles. The molecule has 0 bridgehead atoms. The fourth-order valence-corrected chi connectivity index (χ4v) is 2.69. The van der Waals surface area contributed by atoms with E-state index in [2.05, 4.69) is 10.1 Å². The van der Waals surface area contributed by atoms with Crippen molar-refractivity contribution in [2.75, 3.05) is 25.1 Å². The third-order valence-corrected chi connectivity index (χ3v) is 3.87. The van der Waals surface area contributed by atoms with Crippen LogP contribution in [0, 0.1) is 5.41 Å². The van der Waals surface area contributed by atoms with Crippen LogP contribution in [0.3, 0.4) is 0 Å². The Morgan fingerprint density at radius 3 is 2.70 bits per heavy atom. The van der Waals surface area contributed by atoms with Crippen LogP contribution in [0.25, 0.3) is 0 Å². The molecule has 7 nitrogen and oxygen atoms in total. The molecule has 2 N–H and O–H groups in total. The van der Waals surface area contributed by atoms with E-state index in [0.717, 1.165) is 5.56 Å². The first-order valence-corrected chi connectivity index (χ1v) is 7.26. The number of carboxylic acids is 1. The fourth-order valence-electron chi connectivity index (χ4n) is 2.69. The number of benzene rings is 1. The van der Waals surface area contributed by atoms with E-state index in [-0.39, 0.29) is 24.6 Å². The van der Waals surface area contributed by atoms with Gasteiger partial charge in [0.2, 0.25) is 5.91 Å². The summed E-state index contributed by atoms with van der Waals surface area (Å²) in [6, 6.07) is 4.79. The van der Waals surface area contributed by atoms with Crippen molar-refractivity contribution < 1.29 is 24.2 Å². The summed E-state index contributed by atoms with van der Waals surface area (Å²) in [6.45, 7) is 4.16. The minimum absolute atomic E-state index is 0.0980. The molecule has 1 aliphatic heterocycles. The number of carbonyl (C=O) groups is 3. The van der Waals surface area contributed by atoms with Crippen LogP contribution in [-0.2, 0) is 16.0 Å². The Morgan fingerprint density at radius 2 is 2.09 bits per heavy atom. The summed E-state index contributed by atoms with van der Waals surface area (Å²) in [4.78, 5) is 36.5. The van der Waals surface area contributed by atoms with E-state index in [0.29, 0.717) is 12.1 Å².